The number of nitrogens with zero attached hydrogens (tertiary/aromatic N) is 3. The van der Waals surface area contributed by atoms with E-state index in [-0.39, 0.29) is 24.6 Å². The van der Waals surface area contributed by atoms with Gasteiger partial charge in [0.15, 0.2) is 12.4 Å². The first-order valence-corrected chi connectivity index (χ1v) is 13.0. The molecule has 6 aromatic rings. The predicted octanol–water partition coefficient (Wildman–Crippen LogP) is 5.80. The van der Waals surface area contributed by atoms with Gasteiger partial charge in [0.05, 0.1) is 36.2 Å². The molecule has 0 N–H and O–H groups in total. The minimum Gasteiger partial charge on any atom is -0.496 e. The van der Waals surface area contributed by atoms with Crippen molar-refractivity contribution < 1.29 is 23.4 Å². The van der Waals surface area contributed by atoms with Crippen molar-refractivity contribution in [1.29, 1.82) is 0 Å². The Morgan fingerprint density at radius 2 is 1.76 bits per heavy atom. The number of fused-ring (bicyclic) bond motifs is 3. The Hall–Kier alpha value is -5.44. The average Bonchev–Trinajstić information content (AvgIpc) is 3.44. The zero-order chi connectivity index (χ0) is 28.3. The number of methoxy groups -OCH3 is 1. The number of aromatic nitrogens is 2. The second-order valence-corrected chi connectivity index (χ2v) is 9.09. The summed E-state index contributed by atoms with van der Waals surface area (Å²) in [4.78, 5) is 30.5. The SMILES string of the molecule is CCOC(=O)COc1ccc2ccccc2c1C=Nn1c(-c2cc3c(OC)cccc3o2)nc2ccccc2c1=O. The summed E-state index contributed by atoms with van der Waals surface area (Å²) in [6, 6.07) is 25.7. The van der Waals surface area contributed by atoms with Crippen molar-refractivity contribution in [2.75, 3.05) is 20.3 Å². The summed E-state index contributed by atoms with van der Waals surface area (Å²) in [6.45, 7) is 1.72. The highest BCUT2D eigenvalue weighted by Gasteiger charge is 2.18. The highest BCUT2D eigenvalue weighted by molar-refractivity contribution is 6.02. The summed E-state index contributed by atoms with van der Waals surface area (Å²) in [7, 11) is 1.59. The van der Waals surface area contributed by atoms with Gasteiger partial charge in [-0.25, -0.2) is 9.78 Å². The summed E-state index contributed by atoms with van der Waals surface area (Å²) in [6.07, 6.45) is 1.54. The summed E-state index contributed by atoms with van der Waals surface area (Å²) < 4.78 is 23.7. The van der Waals surface area contributed by atoms with E-state index in [0.29, 0.717) is 39.3 Å². The van der Waals surface area contributed by atoms with Gasteiger partial charge in [0.2, 0.25) is 5.82 Å². The molecule has 204 valence electrons. The Labute approximate surface area is 234 Å². The van der Waals surface area contributed by atoms with E-state index in [4.69, 9.17) is 23.6 Å². The average molecular weight is 548 g/mol. The van der Waals surface area contributed by atoms with Gasteiger partial charge in [-0.05, 0) is 54.1 Å². The van der Waals surface area contributed by atoms with E-state index in [2.05, 4.69) is 5.10 Å². The van der Waals surface area contributed by atoms with Crippen LogP contribution in [0.25, 0.3) is 44.2 Å². The van der Waals surface area contributed by atoms with E-state index in [0.717, 1.165) is 16.2 Å². The fourth-order valence-electron chi connectivity index (χ4n) is 4.70. The number of para-hydroxylation sites is 1. The van der Waals surface area contributed by atoms with Gasteiger partial charge < -0.3 is 18.6 Å². The fourth-order valence-corrected chi connectivity index (χ4v) is 4.70. The van der Waals surface area contributed by atoms with Crippen LogP contribution < -0.4 is 15.0 Å². The Kier molecular flexibility index (Phi) is 6.91. The standard InChI is InChI=1S/C32H25N3O6/c1-3-39-30(36)19-40-27-16-15-20-9-4-5-10-21(20)24(27)18-33-35-31(34-25-12-7-6-11-22(25)32(35)37)29-17-23-26(38-2)13-8-14-28(23)41-29/h4-18H,3,19H2,1-2H3. The number of carbonyl (C=O) groups is 1. The minimum absolute atomic E-state index is 0.220. The normalized spacial score (nSPS) is 11.5. The van der Waals surface area contributed by atoms with Gasteiger partial charge in [0.1, 0.15) is 17.1 Å². The molecule has 0 fully saturated rings. The molecule has 0 saturated heterocycles. The second kappa shape index (κ2) is 11.0. The van der Waals surface area contributed by atoms with Gasteiger partial charge in [-0.2, -0.15) is 9.78 Å². The summed E-state index contributed by atoms with van der Waals surface area (Å²) >= 11 is 0. The Balaban J connectivity index is 1.53. The van der Waals surface area contributed by atoms with E-state index >= 15 is 0 Å². The lowest BCUT2D eigenvalue weighted by Gasteiger charge is -2.12. The first-order valence-electron chi connectivity index (χ1n) is 13.0. The predicted molar refractivity (Wildman–Crippen MR) is 157 cm³/mol. The molecule has 2 aromatic heterocycles. The van der Waals surface area contributed by atoms with Crippen LogP contribution in [-0.2, 0) is 9.53 Å². The molecule has 0 bridgehead atoms. The van der Waals surface area contributed by atoms with Crippen LogP contribution in [0.3, 0.4) is 0 Å². The van der Waals surface area contributed by atoms with Crippen LogP contribution in [-0.4, -0.2) is 42.2 Å². The molecule has 0 unspecified atom stereocenters. The van der Waals surface area contributed by atoms with Crippen molar-refractivity contribution in [2.24, 2.45) is 5.10 Å². The number of rotatable bonds is 8. The Morgan fingerprint density at radius 1 is 0.951 bits per heavy atom. The van der Waals surface area contributed by atoms with Crippen molar-refractivity contribution in [3.05, 3.63) is 101 Å². The van der Waals surface area contributed by atoms with Crippen molar-refractivity contribution in [3.63, 3.8) is 0 Å². The van der Waals surface area contributed by atoms with Gasteiger partial charge in [0, 0.05) is 5.56 Å². The number of benzene rings is 4. The summed E-state index contributed by atoms with van der Waals surface area (Å²) in [5, 5.41) is 7.53. The number of ether oxygens (including phenoxy) is 3. The van der Waals surface area contributed by atoms with Crippen LogP contribution in [0.2, 0.25) is 0 Å². The van der Waals surface area contributed by atoms with Gasteiger partial charge in [-0.1, -0.05) is 48.5 Å². The summed E-state index contributed by atoms with van der Waals surface area (Å²) in [5.41, 5.74) is 1.31. The second-order valence-electron chi connectivity index (χ2n) is 9.09. The number of hydrogen-bond donors (Lipinski definition) is 0. The van der Waals surface area contributed by atoms with Crippen LogP contribution in [0.4, 0.5) is 0 Å². The minimum atomic E-state index is -0.485. The highest BCUT2D eigenvalue weighted by Crippen LogP contribution is 2.33. The van der Waals surface area contributed by atoms with Crippen LogP contribution in [0, 0.1) is 0 Å². The molecule has 0 spiro atoms. The van der Waals surface area contributed by atoms with E-state index in [1.165, 1.54) is 10.9 Å². The molecule has 9 heteroatoms. The Morgan fingerprint density at radius 3 is 2.59 bits per heavy atom. The maximum atomic E-state index is 13.8. The molecule has 0 saturated carbocycles. The third kappa shape index (κ3) is 4.89. The lowest BCUT2D eigenvalue weighted by atomic mass is 10.0. The van der Waals surface area contributed by atoms with Gasteiger partial charge in [-0.15, -0.1) is 0 Å². The molecule has 6 rings (SSSR count). The van der Waals surface area contributed by atoms with E-state index in [9.17, 15) is 9.59 Å². The van der Waals surface area contributed by atoms with E-state index in [1.54, 1.807) is 44.4 Å². The molecule has 4 aromatic carbocycles. The molecule has 0 aliphatic carbocycles. The highest BCUT2D eigenvalue weighted by atomic mass is 16.6. The lowest BCUT2D eigenvalue weighted by Crippen LogP contribution is -2.20. The molecule has 0 aliphatic heterocycles. The van der Waals surface area contributed by atoms with E-state index in [1.807, 2.05) is 54.6 Å². The van der Waals surface area contributed by atoms with Crippen LogP contribution in [0.5, 0.6) is 11.5 Å². The van der Waals surface area contributed by atoms with Crippen molar-refractivity contribution in [3.8, 4) is 23.1 Å². The van der Waals surface area contributed by atoms with Crippen molar-refractivity contribution in [1.82, 2.24) is 9.66 Å². The molecular formula is C32H25N3O6. The summed E-state index contributed by atoms with van der Waals surface area (Å²) in [5.74, 6) is 1.13. The monoisotopic (exact) mass is 547 g/mol. The molecule has 9 nitrogen and oxygen atoms in total. The van der Waals surface area contributed by atoms with Crippen LogP contribution in [0.1, 0.15) is 12.5 Å². The van der Waals surface area contributed by atoms with Crippen LogP contribution >= 0.6 is 0 Å². The quantitative estimate of drug-likeness (QED) is 0.175. The maximum Gasteiger partial charge on any atom is 0.344 e. The zero-order valence-electron chi connectivity index (χ0n) is 22.4. The third-order valence-electron chi connectivity index (χ3n) is 6.60. The first kappa shape index (κ1) is 25.8. The molecule has 0 amide bonds. The number of carbonyl (C=O) groups excluding carboxylic acids is 1. The van der Waals surface area contributed by atoms with E-state index < -0.39 is 5.97 Å². The Bertz CT molecular complexity index is 2010. The van der Waals surface area contributed by atoms with Crippen molar-refractivity contribution in [2.45, 2.75) is 6.92 Å². The number of esters is 1. The molecule has 0 atom stereocenters. The van der Waals surface area contributed by atoms with Crippen LogP contribution in [0.15, 0.2) is 99.2 Å². The smallest absolute Gasteiger partial charge is 0.344 e. The maximum absolute atomic E-state index is 13.8. The molecule has 2 heterocycles. The van der Waals surface area contributed by atoms with Gasteiger partial charge in [0.25, 0.3) is 5.56 Å². The zero-order valence-corrected chi connectivity index (χ0v) is 22.4. The molecule has 0 aliphatic rings. The lowest BCUT2D eigenvalue weighted by molar-refractivity contribution is -0.145. The molecule has 0 radical (unpaired) electrons. The number of furan rings is 1. The number of hydrogen-bond acceptors (Lipinski definition) is 8. The largest absolute Gasteiger partial charge is 0.496 e. The molecular weight excluding hydrogens is 522 g/mol. The third-order valence-corrected chi connectivity index (χ3v) is 6.60. The van der Waals surface area contributed by atoms with Gasteiger partial charge >= 0.3 is 5.97 Å². The molecule has 41 heavy (non-hydrogen) atoms. The van der Waals surface area contributed by atoms with Gasteiger partial charge in [-0.3, -0.25) is 4.79 Å². The van der Waals surface area contributed by atoms with Crippen molar-refractivity contribution >= 4 is 44.8 Å². The topological polar surface area (TPSA) is 105 Å². The first-order chi connectivity index (χ1) is 20.1. The fraction of sp³-hybridized carbons (Fsp3) is 0.125.